The largest absolute Gasteiger partial charge is 0.384 e. The molecule has 1 heterocycles. The van der Waals surface area contributed by atoms with Gasteiger partial charge in [-0.2, -0.15) is 0 Å². The van der Waals surface area contributed by atoms with Crippen LogP contribution in [0.2, 0.25) is 0 Å². The van der Waals surface area contributed by atoms with E-state index in [0.29, 0.717) is 0 Å². The molecule has 16 heavy (non-hydrogen) atoms. The molecule has 0 aliphatic rings. The molecule has 2 rings (SSSR count). The van der Waals surface area contributed by atoms with Gasteiger partial charge in [0.2, 0.25) is 0 Å². The molecule has 0 bridgehead atoms. The van der Waals surface area contributed by atoms with Crippen LogP contribution in [0, 0.1) is 6.92 Å². The van der Waals surface area contributed by atoms with Gasteiger partial charge >= 0.3 is 0 Å². The van der Waals surface area contributed by atoms with E-state index in [4.69, 9.17) is 0 Å². The molecular formula is C12H15N3S. The molecule has 0 saturated carbocycles. The zero-order chi connectivity index (χ0) is 11.2. The quantitative estimate of drug-likeness (QED) is 0.616. The molecule has 0 radical (unpaired) electrons. The Morgan fingerprint density at radius 3 is 2.81 bits per heavy atom. The summed E-state index contributed by atoms with van der Waals surface area (Å²) < 4.78 is 0. The number of nitrogens with zero attached hydrogens (tertiary/aromatic N) is 1. The van der Waals surface area contributed by atoms with E-state index in [1.165, 1.54) is 11.3 Å². The maximum atomic E-state index is 4.15. The van der Waals surface area contributed by atoms with Crippen LogP contribution in [0.4, 0.5) is 5.69 Å². The van der Waals surface area contributed by atoms with E-state index in [9.17, 15) is 0 Å². The Morgan fingerprint density at radius 1 is 1.31 bits per heavy atom. The summed E-state index contributed by atoms with van der Waals surface area (Å²) in [5.41, 5.74) is 2.46. The van der Waals surface area contributed by atoms with Gasteiger partial charge in [-0.05, 0) is 19.1 Å². The van der Waals surface area contributed by atoms with E-state index < -0.39 is 0 Å². The van der Waals surface area contributed by atoms with E-state index in [0.717, 1.165) is 17.5 Å². The van der Waals surface area contributed by atoms with Crippen molar-refractivity contribution in [2.24, 2.45) is 0 Å². The van der Waals surface area contributed by atoms with Gasteiger partial charge in [-0.25, -0.2) is 4.98 Å². The highest BCUT2D eigenvalue weighted by Gasteiger charge is 1.95. The van der Waals surface area contributed by atoms with Crippen molar-refractivity contribution in [3.8, 4) is 0 Å². The normalized spacial score (nSPS) is 10.3. The summed E-state index contributed by atoms with van der Waals surface area (Å²) in [6.45, 7) is 3.03. The van der Waals surface area contributed by atoms with Gasteiger partial charge in [-0.15, -0.1) is 0 Å². The van der Waals surface area contributed by atoms with Crippen molar-refractivity contribution in [1.29, 1.82) is 0 Å². The van der Waals surface area contributed by atoms with Gasteiger partial charge in [0.25, 0.3) is 0 Å². The summed E-state index contributed by atoms with van der Waals surface area (Å²) in [7, 11) is 0. The van der Waals surface area contributed by atoms with E-state index in [1.54, 1.807) is 18.0 Å². The predicted molar refractivity (Wildman–Crippen MR) is 69.0 cm³/mol. The zero-order valence-electron chi connectivity index (χ0n) is 9.23. The van der Waals surface area contributed by atoms with E-state index in [2.05, 4.69) is 46.5 Å². The Morgan fingerprint density at radius 2 is 2.12 bits per heavy atom. The Balaban J connectivity index is 1.70. The van der Waals surface area contributed by atoms with Crippen LogP contribution in [0.15, 0.2) is 41.8 Å². The second-order valence-corrected chi connectivity index (χ2v) is 4.62. The number of aromatic nitrogens is 2. The Kier molecular flexibility index (Phi) is 3.88. The van der Waals surface area contributed by atoms with Crippen LogP contribution in [0.3, 0.4) is 0 Å². The van der Waals surface area contributed by atoms with E-state index >= 15 is 0 Å². The van der Waals surface area contributed by atoms with Crippen molar-refractivity contribution in [3.63, 3.8) is 0 Å². The molecule has 84 valence electrons. The molecule has 2 N–H and O–H groups in total. The first kappa shape index (κ1) is 11.1. The lowest BCUT2D eigenvalue weighted by atomic mass is 10.2. The second kappa shape index (κ2) is 5.61. The van der Waals surface area contributed by atoms with Crippen molar-refractivity contribution in [2.75, 3.05) is 17.6 Å². The highest BCUT2D eigenvalue weighted by atomic mass is 32.2. The number of benzene rings is 1. The average Bonchev–Trinajstić information content (AvgIpc) is 2.80. The molecule has 0 saturated heterocycles. The molecule has 2 aromatic rings. The SMILES string of the molecule is Cc1ccc(NCCSc2ncc[nH]2)cc1. The Hall–Kier alpha value is -1.42. The third kappa shape index (κ3) is 3.31. The van der Waals surface area contributed by atoms with Crippen molar-refractivity contribution in [1.82, 2.24) is 9.97 Å². The minimum Gasteiger partial charge on any atom is -0.384 e. The fraction of sp³-hybridized carbons (Fsp3) is 0.250. The molecule has 0 fully saturated rings. The fourth-order valence-corrected chi connectivity index (χ4v) is 2.03. The molecule has 0 aliphatic carbocycles. The third-order valence-electron chi connectivity index (χ3n) is 2.19. The number of aromatic amines is 1. The highest BCUT2D eigenvalue weighted by Crippen LogP contribution is 2.12. The Labute approximate surface area is 99.7 Å². The standard InChI is InChI=1S/C12H15N3S/c1-10-2-4-11(5-3-10)13-8-9-16-12-14-6-7-15-12/h2-7,13H,8-9H2,1H3,(H,14,15). The fourth-order valence-electron chi connectivity index (χ4n) is 1.34. The lowest BCUT2D eigenvalue weighted by Crippen LogP contribution is -2.03. The monoisotopic (exact) mass is 233 g/mol. The number of rotatable bonds is 5. The van der Waals surface area contributed by atoms with Crippen molar-refractivity contribution in [3.05, 3.63) is 42.2 Å². The first-order chi connectivity index (χ1) is 7.84. The topological polar surface area (TPSA) is 40.7 Å². The zero-order valence-corrected chi connectivity index (χ0v) is 10.1. The molecule has 0 amide bonds. The van der Waals surface area contributed by atoms with Crippen LogP contribution in [-0.2, 0) is 0 Å². The van der Waals surface area contributed by atoms with Gasteiger partial charge in [0.05, 0.1) is 0 Å². The Bertz CT molecular complexity index is 408. The summed E-state index contributed by atoms with van der Waals surface area (Å²) in [4.78, 5) is 7.22. The second-order valence-electron chi connectivity index (χ2n) is 3.54. The summed E-state index contributed by atoms with van der Waals surface area (Å²) in [6.07, 6.45) is 3.62. The summed E-state index contributed by atoms with van der Waals surface area (Å²) in [5.74, 6) is 1.00. The molecule has 0 spiro atoms. The van der Waals surface area contributed by atoms with Gasteiger partial charge < -0.3 is 10.3 Å². The number of imidazole rings is 1. The lowest BCUT2D eigenvalue weighted by molar-refractivity contribution is 1.05. The van der Waals surface area contributed by atoms with Crippen LogP contribution >= 0.6 is 11.8 Å². The van der Waals surface area contributed by atoms with Crippen LogP contribution in [-0.4, -0.2) is 22.3 Å². The number of anilines is 1. The van der Waals surface area contributed by atoms with E-state index in [1.807, 2.05) is 6.20 Å². The number of aryl methyl sites for hydroxylation is 1. The van der Waals surface area contributed by atoms with Crippen molar-refractivity contribution < 1.29 is 0 Å². The third-order valence-corrected chi connectivity index (χ3v) is 3.10. The molecular weight excluding hydrogens is 218 g/mol. The van der Waals surface area contributed by atoms with Crippen molar-refractivity contribution >= 4 is 17.4 Å². The first-order valence-corrected chi connectivity index (χ1v) is 6.26. The molecule has 0 atom stereocenters. The van der Waals surface area contributed by atoms with Crippen molar-refractivity contribution in [2.45, 2.75) is 12.1 Å². The highest BCUT2D eigenvalue weighted by molar-refractivity contribution is 7.99. The maximum absolute atomic E-state index is 4.15. The minimum absolute atomic E-state index is 0.939. The molecule has 3 nitrogen and oxygen atoms in total. The molecule has 0 aliphatic heterocycles. The number of hydrogen-bond acceptors (Lipinski definition) is 3. The van der Waals surface area contributed by atoms with Crippen LogP contribution < -0.4 is 5.32 Å². The van der Waals surface area contributed by atoms with Crippen LogP contribution in [0.5, 0.6) is 0 Å². The van der Waals surface area contributed by atoms with Gasteiger partial charge in [-0.3, -0.25) is 0 Å². The number of thioether (sulfide) groups is 1. The number of nitrogens with one attached hydrogen (secondary N) is 2. The summed E-state index contributed by atoms with van der Waals surface area (Å²) >= 11 is 1.72. The first-order valence-electron chi connectivity index (χ1n) is 5.27. The van der Waals surface area contributed by atoms with Crippen LogP contribution in [0.1, 0.15) is 5.56 Å². The maximum Gasteiger partial charge on any atom is 0.165 e. The number of hydrogen-bond donors (Lipinski definition) is 2. The van der Waals surface area contributed by atoms with E-state index in [-0.39, 0.29) is 0 Å². The molecule has 4 heteroatoms. The summed E-state index contributed by atoms with van der Waals surface area (Å²) in [5, 5.41) is 4.35. The predicted octanol–water partition coefficient (Wildman–Crippen LogP) is 2.92. The van der Waals surface area contributed by atoms with Gasteiger partial charge in [0.15, 0.2) is 5.16 Å². The molecule has 1 aromatic carbocycles. The van der Waals surface area contributed by atoms with Crippen LogP contribution in [0.25, 0.3) is 0 Å². The van der Waals surface area contributed by atoms with Gasteiger partial charge in [0, 0.05) is 30.4 Å². The number of H-pyrrole nitrogens is 1. The summed E-state index contributed by atoms with van der Waals surface area (Å²) in [6, 6.07) is 8.43. The lowest BCUT2D eigenvalue weighted by Gasteiger charge is -2.05. The van der Waals surface area contributed by atoms with Gasteiger partial charge in [-0.1, -0.05) is 29.5 Å². The average molecular weight is 233 g/mol. The molecule has 1 aromatic heterocycles. The smallest absolute Gasteiger partial charge is 0.165 e. The van der Waals surface area contributed by atoms with Gasteiger partial charge in [0.1, 0.15) is 0 Å². The minimum atomic E-state index is 0.939. The molecule has 0 unspecified atom stereocenters.